The van der Waals surface area contributed by atoms with Crippen molar-refractivity contribution < 1.29 is 4.39 Å². The van der Waals surface area contributed by atoms with Crippen LogP contribution in [0.15, 0.2) is 65.1 Å². The van der Waals surface area contributed by atoms with Gasteiger partial charge in [-0.25, -0.2) is 9.37 Å². The van der Waals surface area contributed by atoms with E-state index >= 15 is 0 Å². The van der Waals surface area contributed by atoms with E-state index in [4.69, 9.17) is 0 Å². The van der Waals surface area contributed by atoms with Gasteiger partial charge in [-0.3, -0.25) is 4.99 Å². The number of aliphatic imine (C=N–C) groups is 1. The number of thiazole rings is 1. The van der Waals surface area contributed by atoms with Gasteiger partial charge >= 0.3 is 0 Å². The molecule has 0 bridgehead atoms. The molecular weight excluding hydrogens is 385 g/mol. The first-order chi connectivity index (χ1) is 14.2. The highest BCUT2D eigenvalue weighted by molar-refractivity contribution is 7.09. The molecule has 0 spiro atoms. The number of nitrogens with zero attached hydrogens (tertiary/aromatic N) is 2. The van der Waals surface area contributed by atoms with Crippen molar-refractivity contribution in [3.8, 4) is 11.3 Å². The topological polar surface area (TPSA) is 65.1 Å². The Morgan fingerprint density at radius 2 is 2.03 bits per heavy atom. The van der Waals surface area contributed by atoms with Crippen LogP contribution in [0.5, 0.6) is 0 Å². The van der Waals surface area contributed by atoms with Crippen molar-refractivity contribution in [1.29, 1.82) is 0 Å². The fourth-order valence-electron chi connectivity index (χ4n) is 3.19. The van der Waals surface area contributed by atoms with Crippen LogP contribution in [0.3, 0.4) is 0 Å². The van der Waals surface area contributed by atoms with Gasteiger partial charge in [-0.2, -0.15) is 0 Å². The second-order valence-corrected chi connectivity index (χ2v) is 7.54. The summed E-state index contributed by atoms with van der Waals surface area (Å²) in [6, 6.07) is 15.0. The number of nitrogens with one attached hydrogen (secondary N) is 3. The van der Waals surface area contributed by atoms with Crippen LogP contribution in [0, 0.1) is 5.82 Å². The maximum atomic E-state index is 13.3. The molecule has 148 valence electrons. The molecule has 3 N–H and O–H groups in total. The van der Waals surface area contributed by atoms with Crippen LogP contribution < -0.4 is 10.6 Å². The predicted molar refractivity (Wildman–Crippen MR) is 118 cm³/mol. The maximum absolute atomic E-state index is 13.3. The molecule has 0 saturated carbocycles. The van der Waals surface area contributed by atoms with Crippen LogP contribution in [0.4, 0.5) is 4.39 Å². The second kappa shape index (κ2) is 8.87. The number of aromatic nitrogens is 2. The SMILES string of the molecule is CN=C(NCCc1c[nH]c2cc(F)ccc12)NCc1nc(-c2ccccc2)cs1. The zero-order valence-electron chi connectivity index (χ0n) is 16.1. The molecule has 4 rings (SSSR count). The number of benzene rings is 2. The van der Waals surface area contributed by atoms with Gasteiger partial charge in [0.2, 0.25) is 0 Å². The third kappa shape index (κ3) is 4.63. The molecule has 29 heavy (non-hydrogen) atoms. The van der Waals surface area contributed by atoms with Crippen molar-refractivity contribution >= 4 is 28.2 Å². The van der Waals surface area contributed by atoms with E-state index in [-0.39, 0.29) is 5.82 Å². The summed E-state index contributed by atoms with van der Waals surface area (Å²) in [5.74, 6) is 0.499. The first kappa shape index (κ1) is 19.1. The molecule has 0 aliphatic carbocycles. The summed E-state index contributed by atoms with van der Waals surface area (Å²) in [4.78, 5) is 12.1. The summed E-state index contributed by atoms with van der Waals surface area (Å²) in [5, 5.41) is 10.8. The zero-order valence-corrected chi connectivity index (χ0v) is 16.9. The number of hydrogen-bond acceptors (Lipinski definition) is 3. The Bertz CT molecular complexity index is 1120. The Labute approximate surface area is 172 Å². The molecule has 0 atom stereocenters. The molecule has 0 unspecified atom stereocenters. The Kier molecular flexibility index (Phi) is 5.86. The van der Waals surface area contributed by atoms with Crippen molar-refractivity contribution in [1.82, 2.24) is 20.6 Å². The van der Waals surface area contributed by atoms with Crippen molar-refractivity contribution in [3.63, 3.8) is 0 Å². The van der Waals surface area contributed by atoms with Crippen molar-refractivity contribution in [2.24, 2.45) is 4.99 Å². The fourth-order valence-corrected chi connectivity index (χ4v) is 3.94. The third-order valence-electron chi connectivity index (χ3n) is 4.67. The van der Waals surface area contributed by atoms with E-state index in [2.05, 4.69) is 43.1 Å². The Hall–Kier alpha value is -3.19. The van der Waals surface area contributed by atoms with E-state index in [0.717, 1.165) is 51.7 Å². The molecule has 5 nitrogen and oxygen atoms in total. The summed E-state index contributed by atoms with van der Waals surface area (Å²) >= 11 is 1.63. The number of guanidine groups is 1. The summed E-state index contributed by atoms with van der Waals surface area (Å²) in [6.45, 7) is 1.33. The first-order valence-electron chi connectivity index (χ1n) is 9.43. The molecule has 2 aromatic heterocycles. The molecule has 0 fully saturated rings. The van der Waals surface area contributed by atoms with Crippen molar-refractivity contribution in [2.75, 3.05) is 13.6 Å². The molecule has 7 heteroatoms. The van der Waals surface area contributed by atoms with E-state index in [9.17, 15) is 4.39 Å². The van der Waals surface area contributed by atoms with Gasteiger partial charge in [0.05, 0.1) is 12.2 Å². The minimum atomic E-state index is -0.230. The normalized spacial score (nSPS) is 11.7. The van der Waals surface area contributed by atoms with Gasteiger partial charge in [-0.15, -0.1) is 11.3 Å². The van der Waals surface area contributed by atoms with E-state index in [1.54, 1.807) is 18.4 Å². The summed E-state index contributed by atoms with van der Waals surface area (Å²) < 4.78 is 13.3. The molecule has 2 aromatic carbocycles. The summed E-state index contributed by atoms with van der Waals surface area (Å²) in [6.07, 6.45) is 2.74. The highest BCUT2D eigenvalue weighted by Gasteiger charge is 2.07. The Morgan fingerprint density at radius 3 is 2.86 bits per heavy atom. The number of rotatable bonds is 6. The summed E-state index contributed by atoms with van der Waals surface area (Å²) in [5.41, 5.74) is 4.08. The predicted octanol–water partition coefficient (Wildman–Crippen LogP) is 4.34. The van der Waals surface area contributed by atoms with Crippen molar-refractivity contribution in [3.05, 3.63) is 76.5 Å². The number of aromatic amines is 1. The molecule has 0 aliphatic rings. The highest BCUT2D eigenvalue weighted by Crippen LogP contribution is 2.21. The largest absolute Gasteiger partial charge is 0.361 e. The van der Waals surface area contributed by atoms with Gasteiger partial charge in [0, 0.05) is 41.6 Å². The van der Waals surface area contributed by atoms with E-state index in [1.807, 2.05) is 30.5 Å². The quantitative estimate of drug-likeness (QED) is 0.329. The lowest BCUT2D eigenvalue weighted by Gasteiger charge is -2.10. The van der Waals surface area contributed by atoms with E-state index in [1.165, 1.54) is 12.1 Å². The average molecular weight is 408 g/mol. The number of halogens is 1. The molecule has 0 aliphatic heterocycles. The van der Waals surface area contributed by atoms with E-state index in [0.29, 0.717) is 6.54 Å². The minimum Gasteiger partial charge on any atom is -0.361 e. The van der Waals surface area contributed by atoms with E-state index < -0.39 is 0 Å². The highest BCUT2D eigenvalue weighted by atomic mass is 32.1. The average Bonchev–Trinajstić information content (AvgIpc) is 3.38. The van der Waals surface area contributed by atoms with Gasteiger partial charge in [-0.05, 0) is 30.2 Å². The van der Waals surface area contributed by atoms with Crippen LogP contribution in [-0.4, -0.2) is 29.5 Å². The van der Waals surface area contributed by atoms with Crippen LogP contribution in [-0.2, 0) is 13.0 Å². The lowest BCUT2D eigenvalue weighted by Crippen LogP contribution is -2.37. The molecule has 0 amide bonds. The number of hydrogen-bond donors (Lipinski definition) is 3. The minimum absolute atomic E-state index is 0.230. The lowest BCUT2D eigenvalue weighted by molar-refractivity contribution is 0.629. The van der Waals surface area contributed by atoms with Crippen LogP contribution >= 0.6 is 11.3 Å². The molecule has 0 saturated heterocycles. The monoisotopic (exact) mass is 407 g/mol. The van der Waals surface area contributed by atoms with Gasteiger partial charge in [0.1, 0.15) is 10.8 Å². The number of fused-ring (bicyclic) bond motifs is 1. The number of H-pyrrole nitrogens is 1. The zero-order chi connectivity index (χ0) is 20.1. The molecule has 4 aromatic rings. The molecule has 0 radical (unpaired) electrons. The van der Waals surface area contributed by atoms with Crippen LogP contribution in [0.1, 0.15) is 10.6 Å². The second-order valence-electron chi connectivity index (χ2n) is 6.60. The lowest BCUT2D eigenvalue weighted by atomic mass is 10.1. The van der Waals surface area contributed by atoms with Gasteiger partial charge in [0.25, 0.3) is 0 Å². The van der Waals surface area contributed by atoms with Gasteiger partial charge in [-0.1, -0.05) is 30.3 Å². The third-order valence-corrected chi connectivity index (χ3v) is 5.52. The van der Waals surface area contributed by atoms with Crippen molar-refractivity contribution in [2.45, 2.75) is 13.0 Å². The van der Waals surface area contributed by atoms with Gasteiger partial charge < -0.3 is 15.6 Å². The van der Waals surface area contributed by atoms with Gasteiger partial charge in [0.15, 0.2) is 5.96 Å². The smallest absolute Gasteiger partial charge is 0.191 e. The molecule has 2 heterocycles. The van der Waals surface area contributed by atoms with Crippen LogP contribution in [0.25, 0.3) is 22.2 Å². The fraction of sp³-hybridized carbons (Fsp3) is 0.182. The Morgan fingerprint density at radius 1 is 1.17 bits per heavy atom. The molecular formula is C22H22FN5S. The maximum Gasteiger partial charge on any atom is 0.191 e. The standard InChI is InChI=1S/C22H22FN5S/c1-24-22(25-10-9-16-12-26-19-11-17(23)7-8-18(16)19)27-13-21-28-20(14-29-21)15-5-3-2-4-6-15/h2-8,11-12,14,26H,9-10,13H2,1H3,(H2,24,25,27). The first-order valence-corrected chi connectivity index (χ1v) is 10.3. The Balaban J connectivity index is 1.29. The summed E-state index contributed by atoms with van der Waals surface area (Å²) in [7, 11) is 1.75. The van der Waals surface area contributed by atoms with Crippen LogP contribution in [0.2, 0.25) is 0 Å².